The molecule has 0 spiro atoms. The molecule has 0 saturated heterocycles. The topological polar surface area (TPSA) is 24.9 Å². The summed E-state index contributed by atoms with van der Waals surface area (Å²) in [5, 5.41) is 4.49. The fourth-order valence-corrected chi connectivity index (χ4v) is 2.68. The molecule has 5 heteroatoms. The molecule has 0 aliphatic heterocycles. The number of rotatable bonds is 3. The molecule has 3 rings (SSSR count). The fraction of sp³-hybridized carbons (Fsp3) is 0.0625. The summed E-state index contributed by atoms with van der Waals surface area (Å²) in [6.07, 6.45) is 1.77. The van der Waals surface area contributed by atoms with E-state index in [4.69, 9.17) is 11.6 Å². The Morgan fingerprint density at radius 1 is 1.19 bits per heavy atom. The van der Waals surface area contributed by atoms with Crippen LogP contribution in [0.25, 0.3) is 10.9 Å². The molecular weight excluding hydrogens is 355 g/mol. The van der Waals surface area contributed by atoms with Gasteiger partial charge < -0.3 is 5.32 Å². The standard InChI is InChI=1S/C16H11BrClFN2/c17-12-7-11-2-1-3-15(16(11)21-9-12)20-8-10-4-5-14(19)13(18)6-10/h1-7,9,20H,8H2. The second-order valence-electron chi connectivity index (χ2n) is 4.63. The zero-order valence-electron chi connectivity index (χ0n) is 10.9. The summed E-state index contributed by atoms with van der Waals surface area (Å²) < 4.78 is 14.1. The van der Waals surface area contributed by atoms with Crippen LogP contribution in [0.2, 0.25) is 5.02 Å². The Bertz CT molecular complexity index is 807. The molecule has 0 unspecified atom stereocenters. The van der Waals surface area contributed by atoms with E-state index in [-0.39, 0.29) is 5.02 Å². The van der Waals surface area contributed by atoms with Crippen molar-refractivity contribution in [2.75, 3.05) is 5.32 Å². The van der Waals surface area contributed by atoms with Gasteiger partial charge in [0.2, 0.25) is 0 Å². The van der Waals surface area contributed by atoms with Gasteiger partial charge in [0.1, 0.15) is 5.82 Å². The molecule has 0 amide bonds. The normalized spacial score (nSPS) is 10.8. The predicted molar refractivity (Wildman–Crippen MR) is 88.2 cm³/mol. The van der Waals surface area contributed by atoms with Gasteiger partial charge in [-0.05, 0) is 45.8 Å². The molecular formula is C16H11BrClFN2. The summed E-state index contributed by atoms with van der Waals surface area (Å²) in [6, 6.07) is 12.7. The van der Waals surface area contributed by atoms with E-state index < -0.39 is 5.82 Å². The molecule has 3 aromatic rings. The molecule has 0 bridgehead atoms. The SMILES string of the molecule is Fc1ccc(CNc2cccc3cc(Br)cnc23)cc1Cl. The van der Waals surface area contributed by atoms with Crippen LogP contribution in [0.4, 0.5) is 10.1 Å². The maximum Gasteiger partial charge on any atom is 0.141 e. The van der Waals surface area contributed by atoms with E-state index in [0.717, 1.165) is 26.6 Å². The first kappa shape index (κ1) is 14.3. The third kappa shape index (κ3) is 3.17. The average Bonchev–Trinajstić information content (AvgIpc) is 2.48. The quantitative estimate of drug-likeness (QED) is 0.672. The smallest absolute Gasteiger partial charge is 0.141 e. The van der Waals surface area contributed by atoms with Crippen molar-refractivity contribution in [3.05, 3.63) is 69.5 Å². The van der Waals surface area contributed by atoms with E-state index in [9.17, 15) is 4.39 Å². The Kier molecular flexibility index (Phi) is 4.08. The second kappa shape index (κ2) is 6.00. The highest BCUT2D eigenvalue weighted by molar-refractivity contribution is 9.10. The number of aromatic nitrogens is 1. The molecule has 0 aliphatic carbocycles. The lowest BCUT2D eigenvalue weighted by atomic mass is 10.1. The van der Waals surface area contributed by atoms with Crippen molar-refractivity contribution in [1.82, 2.24) is 4.98 Å². The molecule has 0 atom stereocenters. The maximum absolute atomic E-state index is 13.1. The summed E-state index contributed by atoms with van der Waals surface area (Å²) in [4.78, 5) is 4.43. The van der Waals surface area contributed by atoms with Gasteiger partial charge in [0.25, 0.3) is 0 Å². The number of para-hydroxylation sites is 1. The van der Waals surface area contributed by atoms with Crippen LogP contribution in [0.15, 0.2) is 53.1 Å². The summed E-state index contributed by atoms with van der Waals surface area (Å²) in [5.41, 5.74) is 2.74. The average molecular weight is 366 g/mol. The van der Waals surface area contributed by atoms with Gasteiger partial charge >= 0.3 is 0 Å². The molecule has 2 nitrogen and oxygen atoms in total. The van der Waals surface area contributed by atoms with Crippen molar-refractivity contribution >= 4 is 44.1 Å². The second-order valence-corrected chi connectivity index (χ2v) is 5.96. The first-order chi connectivity index (χ1) is 10.1. The molecule has 106 valence electrons. The predicted octanol–water partition coefficient (Wildman–Crippen LogP) is 5.40. The van der Waals surface area contributed by atoms with Crippen LogP contribution in [0.1, 0.15) is 5.56 Å². The summed E-state index contributed by atoms with van der Waals surface area (Å²) in [5.74, 6) is -0.405. The third-order valence-corrected chi connectivity index (χ3v) is 3.87. The molecule has 0 aliphatic rings. The van der Waals surface area contributed by atoms with Gasteiger partial charge in [0.15, 0.2) is 0 Å². The van der Waals surface area contributed by atoms with Gasteiger partial charge in [-0.1, -0.05) is 29.8 Å². The van der Waals surface area contributed by atoms with Crippen molar-refractivity contribution in [2.24, 2.45) is 0 Å². The molecule has 0 radical (unpaired) electrons. The van der Waals surface area contributed by atoms with Gasteiger partial charge in [0, 0.05) is 22.6 Å². The van der Waals surface area contributed by atoms with Gasteiger partial charge in [-0.3, -0.25) is 4.98 Å². The van der Waals surface area contributed by atoms with E-state index in [0.29, 0.717) is 6.54 Å². The number of anilines is 1. The van der Waals surface area contributed by atoms with Crippen LogP contribution in [-0.2, 0) is 6.54 Å². The number of nitrogens with one attached hydrogen (secondary N) is 1. The number of hydrogen-bond donors (Lipinski definition) is 1. The van der Waals surface area contributed by atoms with E-state index in [1.165, 1.54) is 6.07 Å². The van der Waals surface area contributed by atoms with Crippen LogP contribution < -0.4 is 5.32 Å². The van der Waals surface area contributed by atoms with E-state index >= 15 is 0 Å². The van der Waals surface area contributed by atoms with Crippen LogP contribution in [-0.4, -0.2) is 4.98 Å². The summed E-state index contributed by atoms with van der Waals surface area (Å²) in [7, 11) is 0. The molecule has 1 aromatic heterocycles. The Morgan fingerprint density at radius 2 is 2.05 bits per heavy atom. The number of nitrogens with zero attached hydrogens (tertiary/aromatic N) is 1. The highest BCUT2D eigenvalue weighted by atomic mass is 79.9. The summed E-state index contributed by atoms with van der Waals surface area (Å²) in [6.45, 7) is 0.552. The molecule has 0 saturated carbocycles. The van der Waals surface area contributed by atoms with Gasteiger partial charge in [-0.15, -0.1) is 0 Å². The zero-order chi connectivity index (χ0) is 14.8. The number of fused-ring (bicyclic) bond motifs is 1. The fourth-order valence-electron chi connectivity index (χ4n) is 2.12. The number of benzene rings is 2. The van der Waals surface area contributed by atoms with Crippen molar-refractivity contribution in [2.45, 2.75) is 6.54 Å². The maximum atomic E-state index is 13.1. The Morgan fingerprint density at radius 3 is 2.86 bits per heavy atom. The van der Waals surface area contributed by atoms with E-state index in [2.05, 4.69) is 26.2 Å². The van der Waals surface area contributed by atoms with Gasteiger partial charge in [0.05, 0.1) is 16.2 Å². The van der Waals surface area contributed by atoms with Crippen LogP contribution in [0.3, 0.4) is 0 Å². The van der Waals surface area contributed by atoms with E-state index in [1.54, 1.807) is 18.3 Å². The summed E-state index contributed by atoms with van der Waals surface area (Å²) >= 11 is 9.20. The minimum Gasteiger partial charge on any atom is -0.379 e. The van der Waals surface area contributed by atoms with Crippen molar-refractivity contribution in [3.8, 4) is 0 Å². The Hall–Kier alpha value is -1.65. The minimum atomic E-state index is -0.405. The molecule has 21 heavy (non-hydrogen) atoms. The van der Waals surface area contributed by atoms with Crippen molar-refractivity contribution < 1.29 is 4.39 Å². The van der Waals surface area contributed by atoms with Crippen molar-refractivity contribution in [1.29, 1.82) is 0 Å². The minimum absolute atomic E-state index is 0.134. The highest BCUT2D eigenvalue weighted by Gasteiger charge is 2.04. The first-order valence-corrected chi connectivity index (χ1v) is 7.52. The zero-order valence-corrected chi connectivity index (χ0v) is 13.2. The number of hydrogen-bond acceptors (Lipinski definition) is 2. The molecule has 0 fully saturated rings. The van der Waals surface area contributed by atoms with Crippen LogP contribution in [0.5, 0.6) is 0 Å². The van der Waals surface area contributed by atoms with Gasteiger partial charge in [-0.2, -0.15) is 0 Å². The molecule has 2 aromatic carbocycles. The highest BCUT2D eigenvalue weighted by Crippen LogP contribution is 2.24. The number of halogens is 3. The lowest BCUT2D eigenvalue weighted by Gasteiger charge is -2.10. The third-order valence-electron chi connectivity index (χ3n) is 3.14. The largest absolute Gasteiger partial charge is 0.379 e. The lowest BCUT2D eigenvalue weighted by Crippen LogP contribution is -2.01. The van der Waals surface area contributed by atoms with Crippen LogP contribution in [0, 0.1) is 5.82 Å². The van der Waals surface area contributed by atoms with Crippen molar-refractivity contribution in [3.63, 3.8) is 0 Å². The van der Waals surface area contributed by atoms with Gasteiger partial charge in [-0.25, -0.2) is 4.39 Å². The van der Waals surface area contributed by atoms with E-state index in [1.807, 2.05) is 24.3 Å². The Balaban J connectivity index is 1.86. The molecule has 1 heterocycles. The monoisotopic (exact) mass is 364 g/mol. The Labute approximate surface area is 135 Å². The van der Waals surface area contributed by atoms with Crippen LogP contribution >= 0.6 is 27.5 Å². The molecule has 1 N–H and O–H groups in total. The number of pyridine rings is 1. The first-order valence-electron chi connectivity index (χ1n) is 6.35. The lowest BCUT2D eigenvalue weighted by molar-refractivity contribution is 0.627.